The highest BCUT2D eigenvalue weighted by Gasteiger charge is 2.40. The van der Waals surface area contributed by atoms with Crippen LogP contribution in [0.3, 0.4) is 0 Å². The Hall–Kier alpha value is -1.17. The molecule has 6 heteroatoms. The molecule has 0 bridgehead atoms. The van der Waals surface area contributed by atoms with Gasteiger partial charge in [0.25, 0.3) is 0 Å². The van der Waals surface area contributed by atoms with E-state index in [9.17, 15) is 9.59 Å². The Balaban J connectivity index is 1.89. The highest BCUT2D eigenvalue weighted by Crippen LogP contribution is 2.41. The molecule has 2 aliphatic rings. The third-order valence-electron chi connectivity index (χ3n) is 1.87. The molecular formula is C7H8N2O3S. The van der Waals surface area contributed by atoms with E-state index in [0.717, 1.165) is 4.91 Å². The standard InChI is InChI=1S/C7H8N2O3S/c8-7(11)12-3-4-2-9-5(10)1-6(9)13-4/h2,6H,1,3H2,(H2,8,11)/t6-/m1/s1. The fraction of sp³-hybridized carbons (Fsp3) is 0.429. The summed E-state index contributed by atoms with van der Waals surface area (Å²) in [5.74, 6) is 0.117. The minimum absolute atomic E-state index is 0.117. The summed E-state index contributed by atoms with van der Waals surface area (Å²) in [4.78, 5) is 23.7. The molecule has 1 fully saturated rings. The minimum atomic E-state index is -0.790. The number of primary amides is 1. The van der Waals surface area contributed by atoms with Crippen LogP contribution in [0.5, 0.6) is 0 Å². The van der Waals surface area contributed by atoms with Gasteiger partial charge in [0.2, 0.25) is 5.91 Å². The number of nitrogens with two attached hydrogens (primary N) is 1. The smallest absolute Gasteiger partial charge is 0.404 e. The van der Waals surface area contributed by atoms with Crippen LogP contribution in [0.4, 0.5) is 4.79 Å². The Labute approximate surface area is 78.9 Å². The van der Waals surface area contributed by atoms with E-state index in [2.05, 4.69) is 4.74 Å². The van der Waals surface area contributed by atoms with E-state index in [4.69, 9.17) is 5.73 Å². The number of hydrogen-bond acceptors (Lipinski definition) is 4. The predicted molar refractivity (Wildman–Crippen MR) is 46.5 cm³/mol. The van der Waals surface area contributed by atoms with E-state index in [0.29, 0.717) is 6.42 Å². The topological polar surface area (TPSA) is 72.6 Å². The summed E-state index contributed by atoms with van der Waals surface area (Å²) < 4.78 is 4.60. The van der Waals surface area contributed by atoms with Crippen molar-refractivity contribution in [1.82, 2.24) is 4.90 Å². The van der Waals surface area contributed by atoms with Gasteiger partial charge in [-0.25, -0.2) is 4.79 Å². The van der Waals surface area contributed by atoms with Crippen molar-refractivity contribution in [2.45, 2.75) is 11.8 Å². The Bertz CT molecular complexity index is 302. The molecule has 1 atom stereocenters. The zero-order chi connectivity index (χ0) is 9.42. The van der Waals surface area contributed by atoms with Crippen LogP contribution in [0.25, 0.3) is 0 Å². The number of ether oxygens (including phenoxy) is 1. The SMILES string of the molecule is NC(=O)OCC1=CN2C(=O)C[C@H]2S1. The van der Waals surface area contributed by atoms with Gasteiger partial charge < -0.3 is 15.4 Å². The van der Waals surface area contributed by atoms with Crippen LogP contribution in [0, 0.1) is 0 Å². The van der Waals surface area contributed by atoms with Crippen molar-refractivity contribution < 1.29 is 14.3 Å². The highest BCUT2D eigenvalue weighted by atomic mass is 32.2. The normalized spacial score (nSPS) is 24.9. The van der Waals surface area contributed by atoms with Gasteiger partial charge in [0, 0.05) is 11.1 Å². The number of rotatable bonds is 2. The first-order chi connectivity index (χ1) is 6.16. The molecule has 13 heavy (non-hydrogen) atoms. The molecule has 0 saturated carbocycles. The van der Waals surface area contributed by atoms with Crippen LogP contribution in [0.2, 0.25) is 0 Å². The molecule has 0 aliphatic carbocycles. The van der Waals surface area contributed by atoms with Gasteiger partial charge in [-0.05, 0) is 0 Å². The lowest BCUT2D eigenvalue weighted by atomic mass is 10.2. The molecule has 2 aliphatic heterocycles. The number of amides is 2. The molecule has 0 aromatic rings. The summed E-state index contributed by atoms with van der Waals surface area (Å²) in [5, 5.41) is 0.221. The van der Waals surface area contributed by atoms with Crippen molar-refractivity contribution in [1.29, 1.82) is 0 Å². The zero-order valence-electron chi connectivity index (χ0n) is 6.73. The van der Waals surface area contributed by atoms with Gasteiger partial charge in [-0.15, -0.1) is 0 Å². The lowest BCUT2D eigenvalue weighted by Gasteiger charge is -2.31. The second-order valence-corrected chi connectivity index (χ2v) is 4.08. The van der Waals surface area contributed by atoms with Gasteiger partial charge in [-0.2, -0.15) is 0 Å². The number of thioether (sulfide) groups is 1. The monoisotopic (exact) mass is 200 g/mol. The second-order valence-electron chi connectivity index (χ2n) is 2.78. The molecule has 0 aromatic carbocycles. The molecule has 0 spiro atoms. The molecule has 5 nitrogen and oxygen atoms in total. The minimum Gasteiger partial charge on any atom is -0.444 e. The number of nitrogens with zero attached hydrogens (tertiary/aromatic N) is 1. The van der Waals surface area contributed by atoms with E-state index in [1.54, 1.807) is 11.1 Å². The number of hydrogen-bond donors (Lipinski definition) is 1. The average Bonchev–Trinajstić information content (AvgIpc) is 2.39. The lowest BCUT2D eigenvalue weighted by Crippen LogP contribution is -2.44. The Morgan fingerprint density at radius 3 is 3.15 bits per heavy atom. The van der Waals surface area contributed by atoms with Crippen LogP contribution in [-0.4, -0.2) is 28.9 Å². The first-order valence-electron chi connectivity index (χ1n) is 3.77. The van der Waals surface area contributed by atoms with Crippen LogP contribution >= 0.6 is 11.8 Å². The first-order valence-corrected chi connectivity index (χ1v) is 4.65. The first kappa shape index (κ1) is 8.43. The summed E-state index contributed by atoms with van der Waals surface area (Å²) in [6, 6.07) is 0. The van der Waals surface area contributed by atoms with Gasteiger partial charge in [0.05, 0.1) is 11.8 Å². The quantitative estimate of drug-likeness (QED) is 0.647. The van der Waals surface area contributed by atoms with Crippen molar-refractivity contribution >= 4 is 23.8 Å². The third-order valence-corrected chi connectivity index (χ3v) is 3.07. The molecule has 2 heterocycles. The van der Waals surface area contributed by atoms with Gasteiger partial charge in [-0.1, -0.05) is 11.8 Å². The molecule has 70 valence electrons. The molecule has 2 amide bonds. The lowest BCUT2D eigenvalue weighted by molar-refractivity contribution is -0.137. The Morgan fingerprint density at radius 2 is 2.62 bits per heavy atom. The fourth-order valence-electron chi connectivity index (χ4n) is 1.23. The van der Waals surface area contributed by atoms with E-state index >= 15 is 0 Å². The second kappa shape index (κ2) is 2.95. The maximum absolute atomic E-state index is 10.9. The summed E-state index contributed by atoms with van der Waals surface area (Å²) in [5.41, 5.74) is 4.80. The number of fused-ring (bicyclic) bond motifs is 1. The number of carbonyl (C=O) groups excluding carboxylic acids is 2. The van der Waals surface area contributed by atoms with E-state index in [1.165, 1.54) is 11.8 Å². The summed E-state index contributed by atoms with van der Waals surface area (Å²) >= 11 is 1.54. The van der Waals surface area contributed by atoms with Crippen LogP contribution in [-0.2, 0) is 9.53 Å². The average molecular weight is 200 g/mol. The maximum Gasteiger partial charge on any atom is 0.404 e. The van der Waals surface area contributed by atoms with Crippen LogP contribution in [0.1, 0.15) is 6.42 Å². The molecule has 2 N–H and O–H groups in total. The van der Waals surface area contributed by atoms with Crippen molar-refractivity contribution in [3.05, 3.63) is 11.1 Å². The van der Waals surface area contributed by atoms with E-state index < -0.39 is 6.09 Å². The number of carbonyl (C=O) groups is 2. The highest BCUT2D eigenvalue weighted by molar-refractivity contribution is 8.04. The van der Waals surface area contributed by atoms with Crippen molar-refractivity contribution in [3.63, 3.8) is 0 Å². The van der Waals surface area contributed by atoms with Crippen LogP contribution < -0.4 is 5.73 Å². The number of β-lactam (4-membered cyclic amide) rings is 1. The third kappa shape index (κ3) is 1.49. The molecule has 2 rings (SSSR count). The molecule has 0 unspecified atom stereocenters. The molecule has 0 aromatic heterocycles. The van der Waals surface area contributed by atoms with Gasteiger partial charge >= 0.3 is 6.09 Å². The van der Waals surface area contributed by atoms with Crippen molar-refractivity contribution in [2.24, 2.45) is 5.73 Å². The zero-order valence-corrected chi connectivity index (χ0v) is 7.54. The van der Waals surface area contributed by atoms with Gasteiger partial charge in [0.1, 0.15) is 6.61 Å². The van der Waals surface area contributed by atoms with Gasteiger partial charge in [0.15, 0.2) is 0 Å². The maximum atomic E-state index is 10.9. The molecule has 0 radical (unpaired) electrons. The van der Waals surface area contributed by atoms with E-state index in [-0.39, 0.29) is 17.9 Å². The Morgan fingerprint density at radius 1 is 1.85 bits per heavy atom. The molecular weight excluding hydrogens is 192 g/mol. The van der Waals surface area contributed by atoms with Crippen molar-refractivity contribution in [2.75, 3.05) is 6.61 Å². The summed E-state index contributed by atoms with van der Waals surface area (Å²) in [6.07, 6.45) is 1.49. The summed E-state index contributed by atoms with van der Waals surface area (Å²) in [7, 11) is 0. The largest absolute Gasteiger partial charge is 0.444 e. The molecule has 1 saturated heterocycles. The van der Waals surface area contributed by atoms with Crippen molar-refractivity contribution in [3.8, 4) is 0 Å². The summed E-state index contributed by atoms with van der Waals surface area (Å²) in [6.45, 7) is 0.167. The fourth-order valence-corrected chi connectivity index (χ4v) is 2.40. The van der Waals surface area contributed by atoms with E-state index in [1.807, 2.05) is 0 Å². The van der Waals surface area contributed by atoms with Gasteiger partial charge in [-0.3, -0.25) is 4.79 Å². The van der Waals surface area contributed by atoms with Crippen LogP contribution in [0.15, 0.2) is 11.1 Å². The predicted octanol–water partition coefficient (Wildman–Crippen LogP) is 0.228. The Kier molecular flexibility index (Phi) is 1.91.